The second-order valence-electron chi connectivity index (χ2n) is 11.6. The molecule has 0 spiro atoms. The zero-order chi connectivity index (χ0) is 28.6. The maximum atomic E-state index is 14.0. The van der Waals surface area contributed by atoms with Crippen LogP contribution in [0.2, 0.25) is 0 Å². The molecule has 3 aliphatic rings. The van der Waals surface area contributed by atoms with E-state index in [9.17, 15) is 14.0 Å². The number of halogens is 1. The molecule has 0 aromatic carbocycles. The molecular weight excluding hydrogens is 525 g/mol. The Bertz CT molecular complexity index is 1080. The van der Waals surface area contributed by atoms with Crippen molar-refractivity contribution in [3.05, 3.63) is 40.7 Å². The summed E-state index contributed by atoms with van der Waals surface area (Å²) in [5.41, 5.74) is 2.31. The number of carbonyl (C=O) groups is 2. The Labute approximate surface area is 244 Å². The number of hydrogen-bond donors (Lipinski definition) is 1. The molecule has 40 heavy (non-hydrogen) atoms. The molecule has 2 amide bonds. The number of thioether (sulfide) groups is 1. The van der Waals surface area contributed by atoms with Gasteiger partial charge in [-0.05, 0) is 64.6 Å². The Balaban J connectivity index is 1.39. The van der Waals surface area contributed by atoms with Crippen molar-refractivity contribution in [2.24, 2.45) is 5.92 Å². The minimum Gasteiger partial charge on any atom is -0.378 e. The number of imidazole rings is 1. The SMILES string of the molecule is C/C=C/N(CCC(CC)n1c(C)nc2c1CCN(C(C)=O)C2)CC[C@H](NC(=O)C1CCCCC1)C1CC=C(F)S1. The van der Waals surface area contributed by atoms with Gasteiger partial charge in [-0.2, -0.15) is 4.39 Å². The van der Waals surface area contributed by atoms with E-state index in [4.69, 9.17) is 4.98 Å². The van der Waals surface area contributed by atoms with E-state index in [1.165, 1.54) is 23.9 Å². The van der Waals surface area contributed by atoms with E-state index < -0.39 is 0 Å². The summed E-state index contributed by atoms with van der Waals surface area (Å²) in [6.07, 6.45) is 15.6. The van der Waals surface area contributed by atoms with Gasteiger partial charge in [-0.15, -0.1) is 0 Å². The van der Waals surface area contributed by atoms with Gasteiger partial charge in [-0.25, -0.2) is 4.98 Å². The van der Waals surface area contributed by atoms with E-state index in [1.807, 2.05) is 11.8 Å². The molecule has 0 bridgehead atoms. The normalized spacial score (nSPS) is 21.3. The summed E-state index contributed by atoms with van der Waals surface area (Å²) >= 11 is 1.27. The number of carbonyl (C=O) groups excluding carboxylic acids is 2. The van der Waals surface area contributed by atoms with Crippen LogP contribution in [-0.4, -0.2) is 62.1 Å². The third-order valence-corrected chi connectivity index (χ3v) is 10.1. The van der Waals surface area contributed by atoms with Crippen molar-refractivity contribution in [1.29, 1.82) is 0 Å². The average molecular weight is 574 g/mol. The van der Waals surface area contributed by atoms with Gasteiger partial charge < -0.3 is 19.7 Å². The summed E-state index contributed by atoms with van der Waals surface area (Å²) in [7, 11) is 0. The molecular formula is C31H48FN5O2S. The smallest absolute Gasteiger partial charge is 0.223 e. The lowest BCUT2D eigenvalue weighted by Crippen LogP contribution is -2.46. The number of aryl methyl sites for hydroxylation is 1. The van der Waals surface area contributed by atoms with Crippen molar-refractivity contribution in [3.8, 4) is 0 Å². The standard InChI is InChI=1S/C31H48FN5O2S/c1-5-17-35(18-14-25(6-2)37-22(3)33-27-21-36(23(4)38)20-16-28(27)37)19-15-26(29-12-13-30(32)40-29)34-31(39)24-10-8-7-9-11-24/h5,13,17,24-26,29H,6-12,14-16,18-21H2,1-4H3,(H,34,39)/b17-5+/t25?,26-,29?/m0/s1. The molecule has 222 valence electrons. The number of nitrogens with one attached hydrogen (secondary N) is 1. The molecule has 2 unspecified atom stereocenters. The Morgan fingerprint density at radius 1 is 1.25 bits per heavy atom. The Morgan fingerprint density at radius 2 is 2.00 bits per heavy atom. The van der Waals surface area contributed by atoms with Gasteiger partial charge in [-0.3, -0.25) is 9.59 Å². The zero-order valence-corrected chi connectivity index (χ0v) is 25.6. The summed E-state index contributed by atoms with van der Waals surface area (Å²) < 4.78 is 16.4. The number of hydrogen-bond acceptors (Lipinski definition) is 5. The van der Waals surface area contributed by atoms with Crippen molar-refractivity contribution in [1.82, 2.24) is 24.7 Å². The molecule has 4 rings (SSSR count). The Morgan fingerprint density at radius 3 is 2.65 bits per heavy atom. The summed E-state index contributed by atoms with van der Waals surface area (Å²) in [6, 6.07) is 0.282. The first-order valence-electron chi connectivity index (χ1n) is 15.3. The fourth-order valence-electron chi connectivity index (χ4n) is 6.61. The van der Waals surface area contributed by atoms with Crippen LogP contribution in [0, 0.1) is 12.8 Å². The van der Waals surface area contributed by atoms with Crippen molar-refractivity contribution in [2.75, 3.05) is 19.6 Å². The molecule has 1 fully saturated rings. The predicted molar refractivity (Wildman–Crippen MR) is 160 cm³/mol. The van der Waals surface area contributed by atoms with Crippen LogP contribution >= 0.6 is 11.8 Å². The van der Waals surface area contributed by atoms with Gasteiger partial charge in [0, 0.05) is 61.9 Å². The van der Waals surface area contributed by atoms with Gasteiger partial charge in [0.25, 0.3) is 0 Å². The topological polar surface area (TPSA) is 70.5 Å². The van der Waals surface area contributed by atoms with E-state index in [0.29, 0.717) is 19.0 Å². The fourth-order valence-corrected chi connectivity index (χ4v) is 7.66. The van der Waals surface area contributed by atoms with Crippen LogP contribution in [0.3, 0.4) is 0 Å². The monoisotopic (exact) mass is 573 g/mol. The molecule has 9 heteroatoms. The first-order valence-corrected chi connectivity index (χ1v) is 16.2. The largest absolute Gasteiger partial charge is 0.378 e. The molecule has 1 aromatic rings. The summed E-state index contributed by atoms with van der Waals surface area (Å²) in [6.45, 7) is 11.0. The third kappa shape index (κ3) is 7.71. The molecule has 0 saturated heterocycles. The zero-order valence-electron chi connectivity index (χ0n) is 24.8. The van der Waals surface area contributed by atoms with E-state index in [-0.39, 0.29) is 34.2 Å². The minimum absolute atomic E-state index is 0.0502. The van der Waals surface area contributed by atoms with E-state index in [1.54, 1.807) is 13.0 Å². The average Bonchev–Trinajstić information content (AvgIpc) is 3.53. The van der Waals surface area contributed by atoms with Crippen LogP contribution in [0.4, 0.5) is 4.39 Å². The highest BCUT2D eigenvalue weighted by Gasteiger charge is 2.31. The summed E-state index contributed by atoms with van der Waals surface area (Å²) in [4.78, 5) is 34.1. The van der Waals surface area contributed by atoms with Crippen LogP contribution in [0.5, 0.6) is 0 Å². The second kappa shape index (κ2) is 14.6. The maximum absolute atomic E-state index is 14.0. The summed E-state index contributed by atoms with van der Waals surface area (Å²) in [5.74, 6) is 1.39. The molecule has 1 aliphatic carbocycles. The highest BCUT2D eigenvalue weighted by molar-refractivity contribution is 8.03. The highest BCUT2D eigenvalue weighted by atomic mass is 32.2. The van der Waals surface area contributed by atoms with E-state index >= 15 is 0 Å². The van der Waals surface area contributed by atoms with Crippen LogP contribution in [0.1, 0.15) is 102 Å². The number of aromatic nitrogens is 2. The van der Waals surface area contributed by atoms with Gasteiger partial charge in [0.05, 0.1) is 12.2 Å². The van der Waals surface area contributed by atoms with Crippen LogP contribution in [0.15, 0.2) is 23.5 Å². The fraction of sp³-hybridized carbons (Fsp3) is 0.710. The van der Waals surface area contributed by atoms with Crippen LogP contribution < -0.4 is 5.32 Å². The molecule has 7 nitrogen and oxygen atoms in total. The molecule has 1 aromatic heterocycles. The number of fused-ring (bicyclic) bond motifs is 1. The van der Waals surface area contributed by atoms with Crippen molar-refractivity contribution in [3.63, 3.8) is 0 Å². The molecule has 1 N–H and O–H groups in total. The first-order chi connectivity index (χ1) is 19.3. The van der Waals surface area contributed by atoms with Gasteiger partial charge in [0.15, 0.2) is 5.16 Å². The lowest BCUT2D eigenvalue weighted by atomic mass is 9.88. The van der Waals surface area contributed by atoms with Gasteiger partial charge in [0.1, 0.15) is 5.82 Å². The number of nitrogens with zero attached hydrogens (tertiary/aromatic N) is 4. The molecule has 1 saturated carbocycles. The van der Waals surface area contributed by atoms with E-state index in [2.05, 4.69) is 40.9 Å². The van der Waals surface area contributed by atoms with Gasteiger partial charge in [-0.1, -0.05) is 44.0 Å². The molecule has 0 radical (unpaired) electrons. The van der Waals surface area contributed by atoms with Crippen LogP contribution in [-0.2, 0) is 22.6 Å². The number of allylic oxidation sites excluding steroid dienone is 2. The Hall–Kier alpha value is -2.29. The third-order valence-electron chi connectivity index (χ3n) is 8.87. The second-order valence-corrected chi connectivity index (χ2v) is 12.9. The van der Waals surface area contributed by atoms with Gasteiger partial charge >= 0.3 is 0 Å². The van der Waals surface area contributed by atoms with Crippen molar-refractivity contribution in [2.45, 2.75) is 116 Å². The predicted octanol–water partition coefficient (Wildman–Crippen LogP) is 6.04. The lowest BCUT2D eigenvalue weighted by molar-refractivity contribution is -0.130. The van der Waals surface area contributed by atoms with Crippen LogP contribution in [0.25, 0.3) is 0 Å². The minimum atomic E-state index is -0.122. The lowest BCUT2D eigenvalue weighted by Gasteiger charge is -2.31. The summed E-state index contributed by atoms with van der Waals surface area (Å²) in [5, 5.41) is 3.28. The van der Waals surface area contributed by atoms with E-state index in [0.717, 1.165) is 82.5 Å². The number of rotatable bonds is 12. The maximum Gasteiger partial charge on any atom is 0.223 e. The highest BCUT2D eigenvalue weighted by Crippen LogP contribution is 2.36. The van der Waals surface area contributed by atoms with Crippen molar-refractivity contribution < 1.29 is 14.0 Å². The number of amides is 2. The van der Waals surface area contributed by atoms with Gasteiger partial charge in [0.2, 0.25) is 11.8 Å². The first kappa shape index (κ1) is 30.7. The van der Waals surface area contributed by atoms with Crippen molar-refractivity contribution >= 4 is 23.6 Å². The molecule has 3 heterocycles. The Kier molecular flexibility index (Phi) is 11.2. The molecule has 2 aliphatic heterocycles. The molecule has 3 atom stereocenters. The quantitative estimate of drug-likeness (QED) is 0.330.